The molecule has 5 rings (SSSR count). The third kappa shape index (κ3) is 4.84. The van der Waals surface area contributed by atoms with Crippen molar-refractivity contribution in [3.05, 3.63) is 76.0 Å². The molecule has 0 saturated carbocycles. The summed E-state index contributed by atoms with van der Waals surface area (Å²) in [6.07, 6.45) is 0. The van der Waals surface area contributed by atoms with E-state index in [0.29, 0.717) is 46.8 Å². The van der Waals surface area contributed by atoms with Crippen LogP contribution >= 0.6 is 22.7 Å². The highest BCUT2D eigenvalue weighted by atomic mass is 32.1. The Balaban J connectivity index is 1.57. The normalized spacial score (nSPS) is 17.2. The van der Waals surface area contributed by atoms with Crippen molar-refractivity contribution in [2.45, 2.75) is 26.8 Å². The number of aliphatic hydroxyl groups is 1. The zero-order chi connectivity index (χ0) is 26.1. The number of fused-ring (bicyclic) bond motifs is 1. The molecular weight excluding hydrogens is 508 g/mol. The highest BCUT2D eigenvalue weighted by Crippen LogP contribution is 2.45. The monoisotopic (exact) mass is 534 g/mol. The molecule has 190 valence electrons. The second kappa shape index (κ2) is 10.4. The van der Waals surface area contributed by atoms with E-state index in [1.807, 2.05) is 42.6 Å². The van der Waals surface area contributed by atoms with Crippen LogP contribution in [-0.2, 0) is 9.59 Å². The molecule has 4 aromatic rings. The van der Waals surface area contributed by atoms with E-state index < -0.39 is 17.7 Å². The van der Waals surface area contributed by atoms with Crippen molar-refractivity contribution in [2.75, 3.05) is 18.1 Å². The van der Waals surface area contributed by atoms with Crippen LogP contribution in [0.1, 0.15) is 37.3 Å². The fourth-order valence-corrected chi connectivity index (χ4v) is 5.97. The molecule has 1 saturated heterocycles. The summed E-state index contributed by atoms with van der Waals surface area (Å²) in [5, 5.41) is 13.6. The first-order valence-corrected chi connectivity index (χ1v) is 13.7. The van der Waals surface area contributed by atoms with E-state index in [4.69, 9.17) is 9.47 Å². The number of nitrogens with zero attached hydrogens (tertiary/aromatic N) is 2. The fraction of sp³-hybridized carbons (Fsp3) is 0.250. The summed E-state index contributed by atoms with van der Waals surface area (Å²) in [4.78, 5) is 33.5. The highest BCUT2D eigenvalue weighted by Gasteiger charge is 2.48. The Kier molecular flexibility index (Phi) is 6.99. The number of rotatable bonds is 8. The molecule has 0 aliphatic carbocycles. The van der Waals surface area contributed by atoms with Gasteiger partial charge in [0.15, 0.2) is 5.13 Å². The van der Waals surface area contributed by atoms with Crippen LogP contribution in [0.3, 0.4) is 0 Å². The van der Waals surface area contributed by atoms with Crippen LogP contribution in [-0.4, -0.2) is 35.0 Å². The lowest BCUT2D eigenvalue weighted by Crippen LogP contribution is -2.28. The smallest absolute Gasteiger partial charge is 0.301 e. The number of anilines is 1. The number of aliphatic hydroxyl groups excluding tert-OH is 1. The molecule has 37 heavy (non-hydrogen) atoms. The van der Waals surface area contributed by atoms with E-state index in [1.54, 1.807) is 24.3 Å². The zero-order valence-electron chi connectivity index (χ0n) is 20.6. The Labute approximate surface area is 222 Å². The summed E-state index contributed by atoms with van der Waals surface area (Å²) in [6.45, 7) is 7.15. The minimum Gasteiger partial charge on any atom is -0.507 e. The maximum atomic E-state index is 13.4. The largest absolute Gasteiger partial charge is 0.507 e. The number of aromatic nitrogens is 1. The van der Waals surface area contributed by atoms with E-state index in [9.17, 15) is 14.7 Å². The molecule has 0 bridgehead atoms. The molecule has 9 heteroatoms. The molecule has 0 radical (unpaired) electrons. The zero-order valence-corrected chi connectivity index (χ0v) is 22.3. The molecule has 1 fully saturated rings. The van der Waals surface area contributed by atoms with Gasteiger partial charge in [-0.05, 0) is 66.8 Å². The second-order valence-corrected chi connectivity index (χ2v) is 11.0. The predicted octanol–water partition coefficient (Wildman–Crippen LogP) is 6.42. The first-order valence-electron chi connectivity index (χ1n) is 12.0. The Hall–Kier alpha value is -3.69. The van der Waals surface area contributed by atoms with Crippen molar-refractivity contribution in [1.29, 1.82) is 0 Å². The Morgan fingerprint density at radius 1 is 1.08 bits per heavy atom. The van der Waals surface area contributed by atoms with Gasteiger partial charge in [-0.2, -0.15) is 0 Å². The third-order valence-corrected chi connectivity index (χ3v) is 7.78. The molecule has 1 atom stereocenters. The fourth-order valence-electron chi connectivity index (χ4n) is 4.13. The summed E-state index contributed by atoms with van der Waals surface area (Å²) in [7, 11) is 0. The van der Waals surface area contributed by atoms with E-state index in [0.717, 1.165) is 9.58 Å². The summed E-state index contributed by atoms with van der Waals surface area (Å²) in [5.41, 5.74) is 1.17. The molecule has 3 heterocycles. The molecule has 1 amide bonds. The number of ketones is 1. The Bertz CT molecular complexity index is 1470. The Morgan fingerprint density at radius 3 is 2.51 bits per heavy atom. The molecule has 1 N–H and O–H groups in total. The van der Waals surface area contributed by atoms with Gasteiger partial charge in [-0.25, -0.2) is 4.98 Å². The van der Waals surface area contributed by atoms with Crippen LogP contribution in [0.25, 0.3) is 16.0 Å². The van der Waals surface area contributed by atoms with Gasteiger partial charge in [0.2, 0.25) is 0 Å². The quantitative estimate of drug-likeness (QED) is 0.159. The average Bonchev–Trinajstić information content (AvgIpc) is 3.61. The van der Waals surface area contributed by atoms with Gasteiger partial charge in [-0.15, -0.1) is 11.3 Å². The van der Waals surface area contributed by atoms with Gasteiger partial charge >= 0.3 is 5.91 Å². The highest BCUT2D eigenvalue weighted by molar-refractivity contribution is 7.22. The van der Waals surface area contributed by atoms with Crippen molar-refractivity contribution >= 4 is 55.5 Å². The molecule has 2 aromatic carbocycles. The van der Waals surface area contributed by atoms with E-state index in [-0.39, 0.29) is 11.3 Å². The lowest BCUT2D eigenvalue weighted by atomic mass is 10.00. The molecular formula is C28H26N2O5S2. The standard InChI is InChI=1S/C28H26N2O5S2/c1-4-34-19-11-12-20-22(14-19)37-28(29-20)30-24(21-6-5-13-36-21)23(26(32)27(30)33)25(31)17-7-9-18(10-8-17)35-15-16(2)3/h5-14,16,24,31H,4,15H2,1-3H3/b25-23+. The summed E-state index contributed by atoms with van der Waals surface area (Å²) in [6, 6.07) is 15.3. The van der Waals surface area contributed by atoms with Crippen LogP contribution < -0.4 is 14.4 Å². The summed E-state index contributed by atoms with van der Waals surface area (Å²) < 4.78 is 12.2. The minimum absolute atomic E-state index is 0.0394. The van der Waals surface area contributed by atoms with E-state index >= 15 is 0 Å². The number of carbonyl (C=O) groups excluding carboxylic acids is 2. The molecule has 1 aliphatic rings. The van der Waals surface area contributed by atoms with Gasteiger partial charge < -0.3 is 14.6 Å². The number of hydrogen-bond acceptors (Lipinski definition) is 8. The molecule has 2 aromatic heterocycles. The van der Waals surface area contributed by atoms with Gasteiger partial charge in [0, 0.05) is 10.4 Å². The minimum atomic E-state index is -0.788. The third-order valence-electron chi connectivity index (χ3n) is 5.83. The van der Waals surface area contributed by atoms with E-state index in [1.165, 1.54) is 27.6 Å². The molecule has 0 spiro atoms. The molecule has 1 unspecified atom stereocenters. The summed E-state index contributed by atoms with van der Waals surface area (Å²) in [5.74, 6) is 0.0630. The van der Waals surface area contributed by atoms with Gasteiger partial charge in [0.1, 0.15) is 23.3 Å². The van der Waals surface area contributed by atoms with Gasteiger partial charge in [0.05, 0.1) is 29.0 Å². The van der Waals surface area contributed by atoms with Gasteiger partial charge in [-0.1, -0.05) is 31.3 Å². The van der Waals surface area contributed by atoms with Crippen molar-refractivity contribution in [3.8, 4) is 11.5 Å². The van der Waals surface area contributed by atoms with Crippen LogP contribution in [0.15, 0.2) is 65.6 Å². The topological polar surface area (TPSA) is 89.0 Å². The van der Waals surface area contributed by atoms with Crippen LogP contribution in [0.5, 0.6) is 11.5 Å². The number of hydrogen-bond donors (Lipinski definition) is 1. The van der Waals surface area contributed by atoms with Crippen molar-refractivity contribution < 1.29 is 24.2 Å². The Morgan fingerprint density at radius 2 is 1.84 bits per heavy atom. The first kappa shape index (κ1) is 25.0. The number of thiazole rings is 1. The van der Waals surface area contributed by atoms with Crippen LogP contribution in [0, 0.1) is 5.92 Å². The summed E-state index contributed by atoms with van der Waals surface area (Å²) >= 11 is 2.72. The van der Waals surface area contributed by atoms with Crippen molar-refractivity contribution in [3.63, 3.8) is 0 Å². The lowest BCUT2D eigenvalue weighted by molar-refractivity contribution is -0.132. The van der Waals surface area contributed by atoms with Crippen molar-refractivity contribution in [1.82, 2.24) is 4.98 Å². The number of amides is 1. The lowest BCUT2D eigenvalue weighted by Gasteiger charge is -2.21. The average molecular weight is 535 g/mol. The van der Waals surface area contributed by atoms with Crippen LogP contribution in [0.2, 0.25) is 0 Å². The SMILES string of the molecule is CCOc1ccc2nc(N3C(=O)C(=O)/C(=C(/O)c4ccc(OCC(C)C)cc4)C3c3cccs3)sc2c1. The predicted molar refractivity (Wildman–Crippen MR) is 147 cm³/mol. The maximum Gasteiger partial charge on any atom is 0.301 e. The van der Waals surface area contributed by atoms with Crippen LogP contribution in [0.4, 0.5) is 5.13 Å². The second-order valence-electron chi connectivity index (χ2n) is 8.97. The number of ether oxygens (including phenoxy) is 2. The van der Waals surface area contributed by atoms with E-state index in [2.05, 4.69) is 18.8 Å². The molecule has 1 aliphatic heterocycles. The molecule has 7 nitrogen and oxygen atoms in total. The number of Topliss-reactive ketones (excluding diaryl/α,β-unsaturated/α-hetero) is 1. The van der Waals surface area contributed by atoms with Gasteiger partial charge in [-0.3, -0.25) is 14.5 Å². The number of thiophene rings is 1. The van der Waals surface area contributed by atoms with Crippen molar-refractivity contribution in [2.24, 2.45) is 5.92 Å². The number of carbonyl (C=O) groups is 2. The number of benzene rings is 2. The van der Waals surface area contributed by atoms with Gasteiger partial charge in [0.25, 0.3) is 5.78 Å². The first-order chi connectivity index (χ1) is 17.9. The maximum absolute atomic E-state index is 13.4.